The Hall–Kier alpha value is -2.57. The van der Waals surface area contributed by atoms with Crippen molar-refractivity contribution in [1.82, 2.24) is 19.7 Å². The quantitative estimate of drug-likeness (QED) is 0.713. The molecule has 1 atom stereocenters. The van der Waals surface area contributed by atoms with E-state index in [1.54, 1.807) is 7.11 Å². The van der Waals surface area contributed by atoms with Crippen LogP contribution < -0.4 is 10.4 Å². The number of aromatic amines is 1. The van der Waals surface area contributed by atoms with Crippen molar-refractivity contribution < 1.29 is 4.74 Å². The Labute approximate surface area is 168 Å². The zero-order valence-corrected chi connectivity index (χ0v) is 16.5. The third-order valence-electron chi connectivity index (χ3n) is 5.14. The summed E-state index contributed by atoms with van der Waals surface area (Å²) in [5, 5.41) is 5.33. The number of benzene rings is 2. The summed E-state index contributed by atoms with van der Waals surface area (Å²) in [6.45, 7) is 2.75. The second-order valence-corrected chi connectivity index (χ2v) is 7.57. The van der Waals surface area contributed by atoms with E-state index in [0.717, 1.165) is 54.8 Å². The molecule has 4 rings (SSSR count). The number of ether oxygens (including phenoxy) is 1. The van der Waals surface area contributed by atoms with Crippen molar-refractivity contribution in [3.05, 3.63) is 75.4 Å². The van der Waals surface area contributed by atoms with Crippen molar-refractivity contribution in [2.24, 2.45) is 0 Å². The highest BCUT2D eigenvalue weighted by molar-refractivity contribution is 6.30. The minimum absolute atomic E-state index is 0.208. The van der Waals surface area contributed by atoms with Gasteiger partial charge in [-0.3, -0.25) is 9.88 Å². The molecule has 28 heavy (non-hydrogen) atoms. The lowest BCUT2D eigenvalue weighted by Gasteiger charge is -2.31. The van der Waals surface area contributed by atoms with Crippen LogP contribution in [0.4, 0.5) is 0 Å². The molecule has 6 nitrogen and oxygen atoms in total. The molecule has 0 aliphatic carbocycles. The van der Waals surface area contributed by atoms with Gasteiger partial charge >= 0.3 is 5.69 Å². The summed E-state index contributed by atoms with van der Waals surface area (Å²) in [6, 6.07) is 15.3. The fraction of sp³-hybridized carbons (Fsp3) is 0.333. The van der Waals surface area contributed by atoms with Crippen LogP contribution in [0.25, 0.3) is 5.69 Å². The Morgan fingerprint density at radius 2 is 2.07 bits per heavy atom. The van der Waals surface area contributed by atoms with Gasteiger partial charge in [0.1, 0.15) is 11.6 Å². The molecule has 0 spiro atoms. The van der Waals surface area contributed by atoms with E-state index in [9.17, 15) is 4.79 Å². The van der Waals surface area contributed by atoms with Crippen molar-refractivity contribution in [2.75, 3.05) is 20.2 Å². The van der Waals surface area contributed by atoms with Crippen LogP contribution in [-0.2, 0) is 6.54 Å². The normalized spacial score (nSPS) is 17.6. The van der Waals surface area contributed by atoms with E-state index in [1.165, 1.54) is 10.2 Å². The molecule has 0 bridgehead atoms. The first-order chi connectivity index (χ1) is 13.6. The summed E-state index contributed by atoms with van der Waals surface area (Å²) in [7, 11) is 1.62. The first-order valence-corrected chi connectivity index (χ1v) is 9.80. The van der Waals surface area contributed by atoms with E-state index in [1.807, 2.05) is 42.5 Å². The average Bonchev–Trinajstić information content (AvgIpc) is 3.10. The van der Waals surface area contributed by atoms with E-state index in [0.29, 0.717) is 0 Å². The van der Waals surface area contributed by atoms with Crippen molar-refractivity contribution in [2.45, 2.75) is 25.3 Å². The standard InChI is InChI=1S/C21H23ClN4O2/c1-28-19-9-7-18(8-10-19)26-21(27)23-20(24-26)16-5-3-11-25(14-16)13-15-4-2-6-17(22)12-15/h2,4,6-10,12,16H,3,5,11,13-14H2,1H3,(H,23,24,27)/t16-/m0/s1. The maximum absolute atomic E-state index is 12.4. The number of H-pyrrole nitrogens is 1. The molecule has 0 saturated carbocycles. The maximum atomic E-state index is 12.4. The summed E-state index contributed by atoms with van der Waals surface area (Å²) in [6.07, 6.45) is 2.09. The molecule has 1 aliphatic rings. The molecule has 1 fully saturated rings. The zero-order valence-electron chi connectivity index (χ0n) is 15.8. The van der Waals surface area contributed by atoms with Gasteiger partial charge in [-0.1, -0.05) is 23.7 Å². The molecule has 1 N–H and O–H groups in total. The maximum Gasteiger partial charge on any atom is 0.348 e. The van der Waals surface area contributed by atoms with Crippen LogP contribution in [0.5, 0.6) is 5.75 Å². The molecule has 1 aliphatic heterocycles. The number of piperidine rings is 1. The van der Waals surface area contributed by atoms with Gasteiger partial charge in [0, 0.05) is 24.0 Å². The van der Waals surface area contributed by atoms with E-state index in [2.05, 4.69) is 21.0 Å². The molecular formula is C21H23ClN4O2. The van der Waals surface area contributed by atoms with Gasteiger partial charge in [-0.25, -0.2) is 4.79 Å². The van der Waals surface area contributed by atoms with Crippen molar-refractivity contribution in [3.8, 4) is 11.4 Å². The molecule has 7 heteroatoms. The predicted molar refractivity (Wildman–Crippen MR) is 109 cm³/mol. The topological polar surface area (TPSA) is 63.1 Å². The lowest BCUT2D eigenvalue weighted by molar-refractivity contribution is 0.196. The summed E-state index contributed by atoms with van der Waals surface area (Å²) < 4.78 is 6.60. The van der Waals surface area contributed by atoms with Gasteiger partial charge in [-0.05, 0) is 61.3 Å². The summed E-state index contributed by atoms with van der Waals surface area (Å²) in [5.41, 5.74) is 1.71. The molecule has 2 aromatic carbocycles. The Balaban J connectivity index is 1.50. The number of nitrogens with zero attached hydrogens (tertiary/aromatic N) is 3. The Morgan fingerprint density at radius 3 is 2.82 bits per heavy atom. The second-order valence-electron chi connectivity index (χ2n) is 7.13. The molecule has 3 aromatic rings. The predicted octanol–water partition coefficient (Wildman–Crippen LogP) is 3.60. The Morgan fingerprint density at radius 1 is 1.25 bits per heavy atom. The van der Waals surface area contributed by atoms with Gasteiger partial charge in [0.2, 0.25) is 0 Å². The number of methoxy groups -OCH3 is 1. The number of likely N-dealkylation sites (tertiary alicyclic amines) is 1. The minimum Gasteiger partial charge on any atom is -0.497 e. The number of hydrogen-bond donors (Lipinski definition) is 1. The average molecular weight is 399 g/mol. The van der Waals surface area contributed by atoms with Gasteiger partial charge in [-0.15, -0.1) is 5.10 Å². The van der Waals surface area contributed by atoms with E-state index < -0.39 is 0 Å². The zero-order chi connectivity index (χ0) is 19.5. The highest BCUT2D eigenvalue weighted by Gasteiger charge is 2.25. The summed E-state index contributed by atoms with van der Waals surface area (Å²) >= 11 is 6.11. The molecule has 146 valence electrons. The number of hydrogen-bond acceptors (Lipinski definition) is 4. The van der Waals surface area contributed by atoms with Gasteiger partial charge in [0.15, 0.2) is 0 Å². The highest BCUT2D eigenvalue weighted by Crippen LogP contribution is 2.26. The Kier molecular flexibility index (Phi) is 5.50. The number of halogens is 1. The van der Waals surface area contributed by atoms with Crippen LogP contribution in [0.1, 0.15) is 30.1 Å². The van der Waals surface area contributed by atoms with Crippen molar-refractivity contribution >= 4 is 11.6 Å². The van der Waals surface area contributed by atoms with Crippen LogP contribution in [0, 0.1) is 0 Å². The van der Waals surface area contributed by atoms with Gasteiger partial charge in [0.25, 0.3) is 0 Å². The molecule has 0 unspecified atom stereocenters. The molecular weight excluding hydrogens is 376 g/mol. The monoisotopic (exact) mass is 398 g/mol. The van der Waals surface area contributed by atoms with Gasteiger partial charge in [0.05, 0.1) is 12.8 Å². The Bertz CT molecular complexity index is 996. The fourth-order valence-corrected chi connectivity index (χ4v) is 3.95. The van der Waals surface area contributed by atoms with E-state index in [4.69, 9.17) is 16.3 Å². The van der Waals surface area contributed by atoms with Crippen LogP contribution in [0.2, 0.25) is 5.02 Å². The van der Waals surface area contributed by atoms with Crippen molar-refractivity contribution in [1.29, 1.82) is 0 Å². The lowest BCUT2D eigenvalue weighted by atomic mass is 9.97. The smallest absolute Gasteiger partial charge is 0.348 e. The summed E-state index contributed by atoms with van der Waals surface area (Å²) in [4.78, 5) is 17.8. The van der Waals surface area contributed by atoms with Gasteiger partial charge in [-0.2, -0.15) is 4.68 Å². The SMILES string of the molecule is COc1ccc(-n2nc([C@H]3CCCN(Cc4cccc(Cl)c4)C3)[nH]c2=O)cc1. The van der Waals surface area contributed by atoms with Crippen LogP contribution >= 0.6 is 11.6 Å². The third kappa shape index (κ3) is 4.13. The summed E-state index contributed by atoms with van der Waals surface area (Å²) in [5.74, 6) is 1.70. The molecule has 0 amide bonds. The number of nitrogens with one attached hydrogen (secondary N) is 1. The van der Waals surface area contributed by atoms with E-state index >= 15 is 0 Å². The fourth-order valence-electron chi connectivity index (χ4n) is 3.74. The minimum atomic E-state index is -0.216. The number of rotatable bonds is 5. The first kappa shape index (κ1) is 18.8. The first-order valence-electron chi connectivity index (χ1n) is 9.43. The molecule has 1 saturated heterocycles. The van der Waals surface area contributed by atoms with Crippen LogP contribution in [0.3, 0.4) is 0 Å². The van der Waals surface area contributed by atoms with Crippen molar-refractivity contribution in [3.63, 3.8) is 0 Å². The lowest BCUT2D eigenvalue weighted by Crippen LogP contribution is -2.34. The van der Waals surface area contributed by atoms with E-state index in [-0.39, 0.29) is 11.6 Å². The second kappa shape index (κ2) is 8.20. The third-order valence-corrected chi connectivity index (χ3v) is 5.37. The molecule has 1 aromatic heterocycles. The molecule has 0 radical (unpaired) electrons. The largest absolute Gasteiger partial charge is 0.497 e. The molecule has 2 heterocycles. The highest BCUT2D eigenvalue weighted by atomic mass is 35.5. The van der Waals surface area contributed by atoms with Crippen LogP contribution in [-0.4, -0.2) is 39.9 Å². The van der Waals surface area contributed by atoms with Crippen LogP contribution in [0.15, 0.2) is 53.3 Å². The van der Waals surface area contributed by atoms with Gasteiger partial charge < -0.3 is 4.74 Å². The number of aromatic nitrogens is 3.